The van der Waals surface area contributed by atoms with Crippen molar-refractivity contribution in [2.24, 2.45) is 11.8 Å². The maximum atomic E-state index is 12.5. The molecule has 2 unspecified atom stereocenters. The summed E-state index contributed by atoms with van der Waals surface area (Å²) in [6.45, 7) is 8.01. The van der Waals surface area contributed by atoms with Gasteiger partial charge in [-0.3, -0.25) is 4.68 Å². The number of nitrogens with zero attached hydrogens (tertiary/aromatic N) is 6. The Morgan fingerprint density at radius 1 is 1.02 bits per heavy atom. The van der Waals surface area contributed by atoms with Crippen molar-refractivity contribution >= 4 is 22.9 Å². The lowest BCUT2D eigenvalue weighted by atomic mass is 9.83. The fourth-order valence-electron chi connectivity index (χ4n) is 6.50. The van der Waals surface area contributed by atoms with Crippen LogP contribution in [0, 0.1) is 11.8 Å². The predicted octanol–water partition coefficient (Wildman–Crippen LogP) is 5.91. The van der Waals surface area contributed by atoms with Crippen LogP contribution in [0.2, 0.25) is 0 Å². The number of hydrogen-bond donors (Lipinski definition) is 1. The van der Waals surface area contributed by atoms with Crippen LogP contribution in [0.4, 0.5) is 10.6 Å². The Labute approximate surface area is 235 Å². The van der Waals surface area contributed by atoms with Crippen molar-refractivity contribution in [3.05, 3.63) is 60.7 Å². The number of amides is 1. The maximum absolute atomic E-state index is 12.5. The molecule has 1 saturated heterocycles. The van der Waals surface area contributed by atoms with Crippen molar-refractivity contribution in [2.45, 2.75) is 71.1 Å². The topological polar surface area (TPSA) is 104 Å². The molecule has 2 atom stereocenters. The Bertz CT molecular complexity index is 1480. The van der Waals surface area contributed by atoms with E-state index in [0.29, 0.717) is 30.2 Å². The predicted molar refractivity (Wildman–Crippen MR) is 156 cm³/mol. The van der Waals surface area contributed by atoms with E-state index in [1.165, 1.54) is 12.0 Å². The molecule has 40 heavy (non-hydrogen) atoms. The number of anilines is 1. The van der Waals surface area contributed by atoms with Gasteiger partial charge >= 0.3 is 6.09 Å². The average molecular weight is 542 g/mol. The highest BCUT2D eigenvalue weighted by molar-refractivity contribution is 5.99. The second-order valence-electron chi connectivity index (χ2n) is 12.3. The van der Waals surface area contributed by atoms with Crippen LogP contribution in [0.15, 0.2) is 55.1 Å². The number of piperidine rings is 1. The maximum Gasteiger partial charge on any atom is 0.410 e. The largest absolute Gasteiger partial charge is 0.444 e. The summed E-state index contributed by atoms with van der Waals surface area (Å²) in [6.07, 6.45) is 11.0. The van der Waals surface area contributed by atoms with Crippen LogP contribution in [-0.4, -0.2) is 54.0 Å². The van der Waals surface area contributed by atoms with Crippen LogP contribution >= 0.6 is 0 Å². The molecule has 4 aromatic rings. The van der Waals surface area contributed by atoms with Crippen molar-refractivity contribution < 1.29 is 9.53 Å². The minimum absolute atomic E-state index is 0.190. The fraction of sp³-hybridized carbons (Fsp3) is 0.484. The van der Waals surface area contributed by atoms with E-state index in [1.807, 2.05) is 60.8 Å². The molecule has 0 bridgehead atoms. The van der Waals surface area contributed by atoms with Gasteiger partial charge in [0.05, 0.1) is 17.6 Å². The average Bonchev–Trinajstić information content (AvgIpc) is 3.67. The van der Waals surface area contributed by atoms with E-state index in [1.54, 1.807) is 6.33 Å². The van der Waals surface area contributed by atoms with E-state index in [2.05, 4.69) is 32.9 Å². The second-order valence-corrected chi connectivity index (χ2v) is 12.3. The highest BCUT2D eigenvalue weighted by atomic mass is 16.6. The van der Waals surface area contributed by atoms with E-state index in [-0.39, 0.29) is 6.09 Å². The van der Waals surface area contributed by atoms with E-state index in [4.69, 9.17) is 15.6 Å². The zero-order valence-corrected chi connectivity index (χ0v) is 23.7. The standard InChI is InChI=1S/C31H39N7O2/c1-31(2,3)40-30(39)36-14-11-22(12-15-36)23-9-10-24(17-23)38-19-25(27-28(32)33-20-34-29(27)38)26-13-16-37(35-26)18-21-7-5-4-6-8-21/h4-8,13,16,19-20,22-24H,9-12,14-15,17-18H2,1-3H3,(H2,32,33,34). The molecule has 4 heterocycles. The number of aromatic nitrogens is 5. The summed E-state index contributed by atoms with van der Waals surface area (Å²) in [5.41, 5.74) is 9.90. The fourth-order valence-corrected chi connectivity index (χ4v) is 6.50. The van der Waals surface area contributed by atoms with Gasteiger partial charge in [0.1, 0.15) is 23.4 Å². The minimum atomic E-state index is -0.460. The van der Waals surface area contributed by atoms with Gasteiger partial charge in [0.2, 0.25) is 0 Å². The molecular formula is C31H39N7O2. The normalized spacial score (nSPS) is 20.3. The molecule has 0 radical (unpaired) electrons. The van der Waals surface area contributed by atoms with Crippen LogP contribution in [0.25, 0.3) is 22.3 Å². The molecule has 2 N–H and O–H groups in total. The van der Waals surface area contributed by atoms with Crippen LogP contribution < -0.4 is 5.73 Å². The first-order valence-corrected chi connectivity index (χ1v) is 14.4. The highest BCUT2D eigenvalue weighted by Crippen LogP contribution is 2.45. The Morgan fingerprint density at radius 3 is 2.55 bits per heavy atom. The number of fused-ring (bicyclic) bond motifs is 1. The summed E-state index contributed by atoms with van der Waals surface area (Å²) < 4.78 is 9.86. The van der Waals surface area contributed by atoms with Gasteiger partial charge in [0.25, 0.3) is 0 Å². The molecule has 210 valence electrons. The van der Waals surface area contributed by atoms with Crippen molar-refractivity contribution in [3.63, 3.8) is 0 Å². The first-order valence-electron chi connectivity index (χ1n) is 14.4. The SMILES string of the molecule is CC(C)(C)OC(=O)N1CCC(C2CCC(n3cc(-c4ccn(Cc5ccccc5)n4)c4c(N)ncnc43)C2)CC1. The summed E-state index contributed by atoms with van der Waals surface area (Å²) in [7, 11) is 0. The Hall–Kier alpha value is -3.88. The summed E-state index contributed by atoms with van der Waals surface area (Å²) >= 11 is 0. The van der Waals surface area contributed by atoms with Crippen LogP contribution in [-0.2, 0) is 11.3 Å². The number of ether oxygens (including phenoxy) is 1. The Morgan fingerprint density at radius 2 is 1.80 bits per heavy atom. The summed E-state index contributed by atoms with van der Waals surface area (Å²) in [4.78, 5) is 23.4. The number of benzene rings is 1. The van der Waals surface area contributed by atoms with Crippen LogP contribution in [0.1, 0.15) is 64.5 Å². The molecule has 3 aromatic heterocycles. The summed E-state index contributed by atoms with van der Waals surface area (Å²) in [5, 5.41) is 5.77. The molecule has 1 aliphatic heterocycles. The molecule has 6 rings (SSSR count). The molecule has 9 nitrogen and oxygen atoms in total. The Kier molecular flexibility index (Phi) is 6.98. The highest BCUT2D eigenvalue weighted by Gasteiger charge is 2.36. The van der Waals surface area contributed by atoms with E-state index in [0.717, 1.165) is 61.1 Å². The Balaban J connectivity index is 1.18. The van der Waals surface area contributed by atoms with Gasteiger partial charge in [-0.2, -0.15) is 5.10 Å². The number of rotatable bonds is 5. The zero-order chi connectivity index (χ0) is 27.9. The van der Waals surface area contributed by atoms with E-state index >= 15 is 0 Å². The van der Waals surface area contributed by atoms with E-state index in [9.17, 15) is 4.79 Å². The number of hydrogen-bond acceptors (Lipinski definition) is 6. The molecule has 9 heteroatoms. The van der Waals surface area contributed by atoms with Gasteiger partial charge in [-0.1, -0.05) is 30.3 Å². The van der Waals surface area contributed by atoms with Gasteiger partial charge in [-0.25, -0.2) is 14.8 Å². The summed E-state index contributed by atoms with van der Waals surface area (Å²) in [5.74, 6) is 1.75. The number of carbonyl (C=O) groups is 1. The lowest BCUT2D eigenvalue weighted by molar-refractivity contribution is 0.0159. The quantitative estimate of drug-likeness (QED) is 0.337. The van der Waals surface area contributed by atoms with Gasteiger partial charge in [0, 0.05) is 37.1 Å². The molecule has 1 amide bonds. The molecule has 2 fully saturated rings. The van der Waals surface area contributed by atoms with Crippen molar-refractivity contribution in [2.75, 3.05) is 18.8 Å². The van der Waals surface area contributed by atoms with Gasteiger partial charge in [-0.15, -0.1) is 0 Å². The smallest absolute Gasteiger partial charge is 0.410 e. The van der Waals surface area contributed by atoms with Crippen LogP contribution in [0.3, 0.4) is 0 Å². The van der Waals surface area contributed by atoms with Crippen LogP contribution in [0.5, 0.6) is 0 Å². The summed E-state index contributed by atoms with van der Waals surface area (Å²) in [6, 6.07) is 12.7. The second kappa shape index (κ2) is 10.6. The molecule has 2 aliphatic rings. The number of nitrogen functional groups attached to an aromatic ring is 1. The number of carbonyl (C=O) groups excluding carboxylic acids is 1. The molecular weight excluding hydrogens is 502 g/mol. The number of likely N-dealkylation sites (tertiary alicyclic amines) is 1. The molecule has 0 spiro atoms. The lowest BCUT2D eigenvalue weighted by Gasteiger charge is -2.35. The van der Waals surface area contributed by atoms with Gasteiger partial charge < -0.3 is 19.9 Å². The first kappa shape index (κ1) is 26.3. The minimum Gasteiger partial charge on any atom is -0.444 e. The van der Waals surface area contributed by atoms with Crippen molar-refractivity contribution in [1.82, 2.24) is 29.2 Å². The van der Waals surface area contributed by atoms with Gasteiger partial charge in [-0.05, 0) is 76.3 Å². The lowest BCUT2D eigenvalue weighted by Crippen LogP contribution is -2.42. The van der Waals surface area contributed by atoms with Gasteiger partial charge in [0.15, 0.2) is 0 Å². The molecule has 1 aliphatic carbocycles. The third-order valence-corrected chi connectivity index (χ3v) is 8.44. The molecule has 1 saturated carbocycles. The third-order valence-electron chi connectivity index (χ3n) is 8.44. The third kappa shape index (κ3) is 5.42. The van der Waals surface area contributed by atoms with Crippen molar-refractivity contribution in [1.29, 1.82) is 0 Å². The monoisotopic (exact) mass is 541 g/mol. The van der Waals surface area contributed by atoms with Crippen molar-refractivity contribution in [3.8, 4) is 11.3 Å². The number of nitrogens with two attached hydrogens (primary N) is 1. The zero-order valence-electron chi connectivity index (χ0n) is 23.7. The first-order chi connectivity index (χ1) is 19.2. The molecule has 1 aromatic carbocycles. The van der Waals surface area contributed by atoms with E-state index < -0.39 is 5.60 Å².